The van der Waals surface area contributed by atoms with Gasteiger partial charge in [0.2, 0.25) is 5.13 Å². The Balaban J connectivity index is 1.75. The number of rotatable bonds is 5. The topological polar surface area (TPSA) is 47.5 Å². The molecule has 21 heavy (non-hydrogen) atoms. The number of anilines is 1. The third kappa shape index (κ3) is 3.12. The lowest BCUT2D eigenvalue weighted by Gasteiger charge is -2.50. The predicted molar refractivity (Wildman–Crippen MR) is 83.9 cm³/mol. The lowest BCUT2D eigenvalue weighted by Crippen LogP contribution is -2.57. The van der Waals surface area contributed by atoms with Gasteiger partial charge in [-0.1, -0.05) is 17.4 Å². The van der Waals surface area contributed by atoms with Gasteiger partial charge in [-0.3, -0.25) is 0 Å². The zero-order chi connectivity index (χ0) is 14.7. The smallest absolute Gasteiger partial charge is 0.208 e. The fourth-order valence-corrected chi connectivity index (χ4v) is 4.14. The molecule has 6 heteroatoms. The van der Waals surface area contributed by atoms with Crippen LogP contribution in [0.2, 0.25) is 0 Å². The van der Waals surface area contributed by atoms with Gasteiger partial charge in [0, 0.05) is 25.1 Å². The molecule has 0 bridgehead atoms. The number of piperidine rings is 1. The van der Waals surface area contributed by atoms with Crippen molar-refractivity contribution in [1.29, 1.82) is 0 Å². The van der Waals surface area contributed by atoms with E-state index in [9.17, 15) is 0 Å². The molecule has 0 spiro atoms. The van der Waals surface area contributed by atoms with Gasteiger partial charge in [-0.25, -0.2) is 0 Å². The number of aryl methyl sites for hydroxylation is 1. The first-order valence-electron chi connectivity index (χ1n) is 7.59. The van der Waals surface area contributed by atoms with Crippen LogP contribution in [0, 0.1) is 12.3 Å². The second-order valence-corrected chi connectivity index (χ2v) is 7.10. The van der Waals surface area contributed by atoms with E-state index >= 15 is 0 Å². The van der Waals surface area contributed by atoms with Gasteiger partial charge in [-0.2, -0.15) is 0 Å². The van der Waals surface area contributed by atoms with E-state index in [1.807, 2.05) is 13.0 Å². The summed E-state index contributed by atoms with van der Waals surface area (Å²) in [5.74, 6) is 0. The van der Waals surface area contributed by atoms with Crippen molar-refractivity contribution >= 4 is 16.5 Å². The molecular formula is C15H23N3O2S. The van der Waals surface area contributed by atoms with E-state index in [2.05, 4.69) is 21.7 Å². The summed E-state index contributed by atoms with van der Waals surface area (Å²) in [6.45, 7) is 9.88. The Morgan fingerprint density at radius 2 is 2.48 bits per heavy atom. The zero-order valence-corrected chi connectivity index (χ0v) is 13.4. The molecule has 0 aliphatic carbocycles. The van der Waals surface area contributed by atoms with Crippen LogP contribution in [0.25, 0.3) is 0 Å². The van der Waals surface area contributed by atoms with Crippen LogP contribution < -0.4 is 4.90 Å². The number of hydrogen-bond acceptors (Lipinski definition) is 6. The summed E-state index contributed by atoms with van der Waals surface area (Å²) in [4.78, 5) is 2.35. The number of nitrogens with zero attached hydrogens (tertiary/aromatic N) is 3. The van der Waals surface area contributed by atoms with Crippen LogP contribution >= 0.6 is 11.3 Å². The summed E-state index contributed by atoms with van der Waals surface area (Å²) in [5.41, 5.74) is 0.0824. The van der Waals surface area contributed by atoms with Crippen molar-refractivity contribution in [1.82, 2.24) is 10.2 Å². The summed E-state index contributed by atoms with van der Waals surface area (Å²) in [6, 6.07) is 0. The van der Waals surface area contributed by atoms with Crippen LogP contribution in [0.3, 0.4) is 0 Å². The molecule has 0 amide bonds. The van der Waals surface area contributed by atoms with Crippen LogP contribution in [-0.2, 0) is 9.47 Å². The molecule has 116 valence electrons. The number of hydrogen-bond donors (Lipinski definition) is 0. The number of aromatic nitrogens is 2. The lowest BCUT2D eigenvalue weighted by atomic mass is 9.73. The normalized spacial score (nSPS) is 29.2. The van der Waals surface area contributed by atoms with Crippen LogP contribution in [0.5, 0.6) is 0 Å². The van der Waals surface area contributed by atoms with Crippen molar-refractivity contribution in [3.63, 3.8) is 0 Å². The second-order valence-electron chi connectivity index (χ2n) is 5.94. The quantitative estimate of drug-likeness (QED) is 0.617. The van der Waals surface area contributed by atoms with Gasteiger partial charge < -0.3 is 14.4 Å². The fourth-order valence-electron chi connectivity index (χ4n) is 3.42. The first-order chi connectivity index (χ1) is 10.2. The van der Waals surface area contributed by atoms with Crippen molar-refractivity contribution < 1.29 is 9.47 Å². The van der Waals surface area contributed by atoms with E-state index in [1.54, 1.807) is 11.3 Å². The Morgan fingerprint density at radius 3 is 3.24 bits per heavy atom. The second kappa shape index (κ2) is 6.42. The van der Waals surface area contributed by atoms with Gasteiger partial charge in [-0.05, 0) is 26.2 Å². The summed E-state index contributed by atoms with van der Waals surface area (Å²) in [6.07, 6.45) is 5.42. The van der Waals surface area contributed by atoms with E-state index in [-0.39, 0.29) is 5.41 Å². The molecule has 3 rings (SSSR count). The highest BCUT2D eigenvalue weighted by Gasteiger charge is 2.46. The summed E-state index contributed by atoms with van der Waals surface area (Å²) in [7, 11) is 0. The van der Waals surface area contributed by atoms with E-state index in [4.69, 9.17) is 9.47 Å². The highest BCUT2D eigenvalue weighted by atomic mass is 32.1. The average molecular weight is 309 g/mol. The summed E-state index contributed by atoms with van der Waals surface area (Å²) >= 11 is 1.67. The maximum Gasteiger partial charge on any atom is 0.208 e. The van der Waals surface area contributed by atoms with Crippen molar-refractivity contribution in [3.05, 3.63) is 17.7 Å². The molecule has 2 unspecified atom stereocenters. The third-order valence-electron chi connectivity index (χ3n) is 4.40. The maximum absolute atomic E-state index is 6.04. The number of ether oxygens (including phenoxy) is 2. The largest absolute Gasteiger partial charge is 0.377 e. The minimum absolute atomic E-state index is 0.0824. The molecule has 2 fully saturated rings. The van der Waals surface area contributed by atoms with Crippen LogP contribution in [-0.4, -0.2) is 49.2 Å². The zero-order valence-electron chi connectivity index (χ0n) is 12.6. The highest BCUT2D eigenvalue weighted by Crippen LogP contribution is 2.42. The SMILES string of the molecule is C=CCOCC12CCCOC1CCN(c1nnc(C)s1)C2. The van der Waals surface area contributed by atoms with Crippen LogP contribution in [0.15, 0.2) is 12.7 Å². The molecule has 2 atom stereocenters. The van der Waals surface area contributed by atoms with Gasteiger partial charge >= 0.3 is 0 Å². The minimum Gasteiger partial charge on any atom is -0.377 e. The Bertz CT molecular complexity index is 493. The van der Waals surface area contributed by atoms with Crippen molar-refractivity contribution in [3.8, 4) is 0 Å². The molecule has 1 aromatic heterocycles. The monoisotopic (exact) mass is 309 g/mol. The summed E-state index contributed by atoms with van der Waals surface area (Å²) < 4.78 is 11.9. The first kappa shape index (κ1) is 14.9. The molecule has 2 aliphatic heterocycles. The molecule has 1 aromatic rings. The first-order valence-corrected chi connectivity index (χ1v) is 8.40. The Hall–Kier alpha value is -0.980. The lowest BCUT2D eigenvalue weighted by molar-refractivity contribution is -0.122. The van der Waals surface area contributed by atoms with Crippen molar-refractivity contribution in [2.45, 2.75) is 32.3 Å². The fraction of sp³-hybridized carbons (Fsp3) is 0.733. The van der Waals surface area contributed by atoms with E-state index < -0.39 is 0 Å². The Labute approximate surface area is 130 Å². The molecule has 0 N–H and O–H groups in total. The minimum atomic E-state index is 0.0824. The van der Waals surface area contributed by atoms with Gasteiger partial charge in [-0.15, -0.1) is 16.8 Å². The molecule has 2 saturated heterocycles. The van der Waals surface area contributed by atoms with E-state index in [0.717, 1.165) is 55.7 Å². The molecule has 0 aromatic carbocycles. The van der Waals surface area contributed by atoms with E-state index in [0.29, 0.717) is 12.7 Å². The van der Waals surface area contributed by atoms with Crippen molar-refractivity contribution in [2.75, 3.05) is 37.8 Å². The van der Waals surface area contributed by atoms with Gasteiger partial charge in [0.05, 0.1) is 19.3 Å². The van der Waals surface area contributed by atoms with Crippen LogP contribution in [0.4, 0.5) is 5.13 Å². The third-order valence-corrected chi connectivity index (χ3v) is 5.30. The molecule has 0 radical (unpaired) electrons. The average Bonchev–Trinajstić information content (AvgIpc) is 2.93. The standard InChI is InChI=1S/C15H23N3O2S/c1-3-8-19-11-15-6-4-9-20-13(15)5-7-18(10-15)14-17-16-12(2)21-14/h3,13H,1,4-11H2,2H3. The Morgan fingerprint density at radius 1 is 1.57 bits per heavy atom. The van der Waals surface area contributed by atoms with Gasteiger partial charge in [0.1, 0.15) is 5.01 Å². The molecule has 2 aliphatic rings. The molecule has 0 saturated carbocycles. The Kier molecular flexibility index (Phi) is 4.57. The molecular weight excluding hydrogens is 286 g/mol. The van der Waals surface area contributed by atoms with Crippen LogP contribution in [0.1, 0.15) is 24.3 Å². The van der Waals surface area contributed by atoms with Gasteiger partial charge in [0.15, 0.2) is 0 Å². The van der Waals surface area contributed by atoms with E-state index in [1.165, 1.54) is 0 Å². The maximum atomic E-state index is 6.04. The van der Waals surface area contributed by atoms with Gasteiger partial charge in [0.25, 0.3) is 0 Å². The summed E-state index contributed by atoms with van der Waals surface area (Å²) in [5, 5.41) is 10.5. The highest BCUT2D eigenvalue weighted by molar-refractivity contribution is 7.15. The predicted octanol–water partition coefficient (Wildman–Crippen LogP) is 2.42. The van der Waals surface area contributed by atoms with Crippen molar-refractivity contribution in [2.24, 2.45) is 5.41 Å². The molecule has 5 nitrogen and oxygen atoms in total. The number of fused-ring (bicyclic) bond motifs is 1. The molecule has 3 heterocycles.